The first-order valence-corrected chi connectivity index (χ1v) is 10.3. The summed E-state index contributed by atoms with van der Waals surface area (Å²) >= 11 is 3.35. The van der Waals surface area contributed by atoms with Gasteiger partial charge in [0.15, 0.2) is 0 Å². The second-order valence-corrected chi connectivity index (χ2v) is 8.01. The molecule has 3 N–H and O–H groups in total. The maximum atomic E-state index is 13.1. The molecule has 1 atom stereocenters. The fourth-order valence-electron chi connectivity index (χ4n) is 3.66. The van der Waals surface area contributed by atoms with Crippen molar-refractivity contribution in [2.75, 3.05) is 4.90 Å². The van der Waals surface area contributed by atoms with E-state index in [-0.39, 0.29) is 22.6 Å². The highest BCUT2D eigenvalue weighted by Gasteiger charge is 2.47. The number of ketones is 1. The third kappa shape index (κ3) is 3.65. The molecule has 0 aromatic heterocycles. The highest BCUT2D eigenvalue weighted by Crippen LogP contribution is 2.43. The number of phenols is 1. The van der Waals surface area contributed by atoms with Gasteiger partial charge in [-0.05, 0) is 29.8 Å². The van der Waals surface area contributed by atoms with Crippen molar-refractivity contribution in [1.29, 1.82) is 0 Å². The molecule has 7 nitrogen and oxygen atoms in total. The van der Waals surface area contributed by atoms with Gasteiger partial charge in [0.2, 0.25) is 0 Å². The van der Waals surface area contributed by atoms with Crippen LogP contribution >= 0.6 is 15.9 Å². The van der Waals surface area contributed by atoms with E-state index in [2.05, 4.69) is 15.9 Å². The van der Waals surface area contributed by atoms with E-state index < -0.39 is 29.5 Å². The number of anilines is 1. The summed E-state index contributed by atoms with van der Waals surface area (Å²) in [5, 5.41) is 30.3. The SMILES string of the molecule is O=C1C(=O)N(c2ccc(C(=O)O)c(O)c2)C(c2ccc(Br)cc2)/C1=C(/O)c1ccccc1. The summed E-state index contributed by atoms with van der Waals surface area (Å²) in [7, 11) is 0. The van der Waals surface area contributed by atoms with Crippen LogP contribution in [0.5, 0.6) is 5.75 Å². The summed E-state index contributed by atoms with van der Waals surface area (Å²) in [5.41, 5.74) is 0.595. The van der Waals surface area contributed by atoms with E-state index >= 15 is 0 Å². The third-order valence-electron chi connectivity index (χ3n) is 5.17. The second kappa shape index (κ2) is 8.32. The van der Waals surface area contributed by atoms with E-state index in [1.54, 1.807) is 54.6 Å². The van der Waals surface area contributed by atoms with Crippen LogP contribution < -0.4 is 4.90 Å². The number of Topliss-reactive ketones (excluding diaryl/α,β-unsaturated/α-hetero) is 1. The Bertz CT molecular complexity index is 1270. The number of hydrogen-bond donors (Lipinski definition) is 3. The monoisotopic (exact) mass is 493 g/mol. The number of aromatic hydroxyl groups is 1. The number of carbonyl (C=O) groups excluding carboxylic acids is 2. The van der Waals surface area contributed by atoms with Crippen molar-refractivity contribution in [3.05, 3.63) is 99.5 Å². The van der Waals surface area contributed by atoms with Crippen LogP contribution in [-0.2, 0) is 9.59 Å². The van der Waals surface area contributed by atoms with Gasteiger partial charge in [-0.15, -0.1) is 0 Å². The summed E-state index contributed by atoms with van der Waals surface area (Å²) in [6.07, 6.45) is 0. The molecule has 0 bridgehead atoms. The largest absolute Gasteiger partial charge is 0.507 e. The molecule has 1 fully saturated rings. The molecule has 0 aliphatic carbocycles. The molecule has 0 spiro atoms. The predicted octanol–water partition coefficient (Wildman–Crippen LogP) is 4.48. The minimum Gasteiger partial charge on any atom is -0.507 e. The molecule has 1 amide bonds. The van der Waals surface area contributed by atoms with Gasteiger partial charge in [-0.2, -0.15) is 0 Å². The topological polar surface area (TPSA) is 115 Å². The Labute approximate surface area is 191 Å². The van der Waals surface area contributed by atoms with E-state index in [0.717, 1.165) is 21.5 Å². The summed E-state index contributed by atoms with van der Waals surface area (Å²) in [6.45, 7) is 0. The van der Waals surface area contributed by atoms with Gasteiger partial charge in [0.1, 0.15) is 17.1 Å². The fraction of sp³-hybridized carbons (Fsp3) is 0.0417. The molecule has 4 rings (SSSR count). The lowest BCUT2D eigenvalue weighted by molar-refractivity contribution is -0.132. The first kappa shape index (κ1) is 21.3. The number of carboxylic acids is 1. The van der Waals surface area contributed by atoms with E-state index in [4.69, 9.17) is 0 Å². The number of nitrogens with zero attached hydrogens (tertiary/aromatic N) is 1. The quantitative estimate of drug-likeness (QED) is 0.280. The van der Waals surface area contributed by atoms with Gasteiger partial charge in [-0.3, -0.25) is 14.5 Å². The lowest BCUT2D eigenvalue weighted by Crippen LogP contribution is -2.29. The number of aromatic carboxylic acids is 1. The minimum atomic E-state index is -1.33. The number of aliphatic hydroxyl groups is 1. The van der Waals surface area contributed by atoms with Crippen LogP contribution in [0, 0.1) is 0 Å². The summed E-state index contributed by atoms with van der Waals surface area (Å²) in [6, 6.07) is 17.9. The van der Waals surface area contributed by atoms with Gasteiger partial charge in [-0.1, -0.05) is 58.4 Å². The Hall–Kier alpha value is -3.91. The lowest BCUT2D eigenvalue weighted by atomic mass is 9.95. The van der Waals surface area contributed by atoms with Crippen LogP contribution in [0.25, 0.3) is 5.76 Å². The second-order valence-electron chi connectivity index (χ2n) is 7.09. The zero-order chi connectivity index (χ0) is 23.0. The zero-order valence-electron chi connectivity index (χ0n) is 16.4. The molecule has 0 saturated carbocycles. The fourth-order valence-corrected chi connectivity index (χ4v) is 3.93. The average Bonchev–Trinajstić information content (AvgIpc) is 3.04. The lowest BCUT2D eigenvalue weighted by Gasteiger charge is -2.25. The smallest absolute Gasteiger partial charge is 0.339 e. The van der Waals surface area contributed by atoms with Crippen LogP contribution in [0.1, 0.15) is 27.5 Å². The average molecular weight is 494 g/mol. The van der Waals surface area contributed by atoms with Crippen LogP contribution in [0.3, 0.4) is 0 Å². The number of carboxylic acid groups (broad SMARTS) is 1. The van der Waals surface area contributed by atoms with E-state index in [9.17, 15) is 29.7 Å². The van der Waals surface area contributed by atoms with Crippen molar-refractivity contribution in [1.82, 2.24) is 0 Å². The van der Waals surface area contributed by atoms with E-state index in [1.165, 1.54) is 6.07 Å². The Morgan fingerprint density at radius 1 is 0.906 bits per heavy atom. The molecular formula is C24H16BrNO6. The molecule has 3 aromatic carbocycles. The number of rotatable bonds is 4. The number of aliphatic hydroxyl groups excluding tert-OH is 1. The highest BCUT2D eigenvalue weighted by molar-refractivity contribution is 9.10. The Morgan fingerprint density at radius 2 is 1.56 bits per heavy atom. The molecule has 8 heteroatoms. The van der Waals surface area contributed by atoms with Gasteiger partial charge in [0.05, 0.1) is 11.6 Å². The third-order valence-corrected chi connectivity index (χ3v) is 5.70. The molecule has 1 heterocycles. The molecule has 1 aliphatic rings. The molecule has 1 unspecified atom stereocenters. The standard InChI is InChI=1S/C24H16BrNO6/c25-15-8-6-13(7-9-15)20-19(21(28)14-4-2-1-3-5-14)22(29)23(30)26(20)16-10-11-17(24(31)32)18(27)12-16/h1-12,20,27-28H,(H,31,32)/b21-19-. The molecule has 160 valence electrons. The van der Waals surface area contributed by atoms with Crippen molar-refractivity contribution in [2.45, 2.75) is 6.04 Å². The van der Waals surface area contributed by atoms with Crippen molar-refractivity contribution >= 4 is 45.0 Å². The molecular weight excluding hydrogens is 478 g/mol. The van der Waals surface area contributed by atoms with Crippen molar-refractivity contribution in [2.24, 2.45) is 0 Å². The molecule has 1 aliphatic heterocycles. The number of carbonyl (C=O) groups is 3. The van der Waals surface area contributed by atoms with Gasteiger partial charge < -0.3 is 15.3 Å². The van der Waals surface area contributed by atoms with Gasteiger partial charge in [0.25, 0.3) is 11.7 Å². The number of halogens is 1. The van der Waals surface area contributed by atoms with Crippen molar-refractivity contribution < 1.29 is 29.7 Å². The van der Waals surface area contributed by atoms with Gasteiger partial charge >= 0.3 is 5.97 Å². The summed E-state index contributed by atoms with van der Waals surface area (Å²) in [4.78, 5) is 38.5. The Balaban J connectivity index is 1.94. The molecule has 32 heavy (non-hydrogen) atoms. The number of benzene rings is 3. The summed E-state index contributed by atoms with van der Waals surface area (Å²) in [5.74, 6) is -4.00. The predicted molar refractivity (Wildman–Crippen MR) is 120 cm³/mol. The van der Waals surface area contributed by atoms with Crippen LogP contribution in [-0.4, -0.2) is 33.0 Å². The van der Waals surface area contributed by atoms with Gasteiger partial charge in [0, 0.05) is 21.8 Å². The molecule has 1 saturated heterocycles. The minimum absolute atomic E-state index is 0.106. The Morgan fingerprint density at radius 3 is 2.16 bits per heavy atom. The normalized spacial score (nSPS) is 17.5. The van der Waals surface area contributed by atoms with E-state index in [1.807, 2.05) is 0 Å². The summed E-state index contributed by atoms with van der Waals surface area (Å²) < 4.78 is 0.782. The number of hydrogen-bond acceptors (Lipinski definition) is 5. The first-order chi connectivity index (χ1) is 15.3. The number of amides is 1. The first-order valence-electron chi connectivity index (χ1n) is 9.48. The highest BCUT2D eigenvalue weighted by atomic mass is 79.9. The van der Waals surface area contributed by atoms with Crippen molar-refractivity contribution in [3.63, 3.8) is 0 Å². The van der Waals surface area contributed by atoms with Crippen LogP contribution in [0.15, 0.2) is 82.8 Å². The van der Waals surface area contributed by atoms with Gasteiger partial charge in [-0.25, -0.2) is 4.79 Å². The van der Waals surface area contributed by atoms with Crippen molar-refractivity contribution in [3.8, 4) is 5.75 Å². The van der Waals surface area contributed by atoms with Crippen LogP contribution in [0.4, 0.5) is 5.69 Å². The molecule has 0 radical (unpaired) electrons. The molecule has 3 aromatic rings. The van der Waals surface area contributed by atoms with Crippen LogP contribution in [0.2, 0.25) is 0 Å². The Kier molecular flexibility index (Phi) is 5.54. The maximum Gasteiger partial charge on any atom is 0.339 e. The zero-order valence-corrected chi connectivity index (χ0v) is 18.0. The van der Waals surface area contributed by atoms with E-state index in [0.29, 0.717) is 11.1 Å². The maximum absolute atomic E-state index is 13.1.